The predicted octanol–water partition coefficient (Wildman–Crippen LogP) is 6.99. The van der Waals surface area contributed by atoms with Gasteiger partial charge in [-0.15, -0.1) is 11.3 Å². The summed E-state index contributed by atoms with van der Waals surface area (Å²) >= 11 is 1.48. The number of carboxylic acid groups (broad SMARTS) is 1. The van der Waals surface area contributed by atoms with Gasteiger partial charge in [0.25, 0.3) is 0 Å². The maximum Gasteiger partial charge on any atom is 0.416 e. The van der Waals surface area contributed by atoms with E-state index >= 15 is 0 Å². The molecule has 0 bridgehead atoms. The predicted molar refractivity (Wildman–Crippen MR) is 137 cm³/mol. The number of halogens is 3. The number of hydrogen-bond acceptors (Lipinski definition) is 5. The van der Waals surface area contributed by atoms with Gasteiger partial charge in [-0.3, -0.25) is 0 Å². The molecule has 37 heavy (non-hydrogen) atoms. The SMILES string of the molecule is CCCCc1nc(-c2ccc(C(F)(F)F)cc2)sc1Cn1ccc2c(CCC)c(OCC(=O)O)cnc21. The number of unbranched alkanes of at least 4 members (excludes halogenated alkanes) is 1. The van der Waals surface area contributed by atoms with Gasteiger partial charge in [-0.25, -0.2) is 14.8 Å². The van der Waals surface area contributed by atoms with Crippen LogP contribution in [0.1, 0.15) is 54.8 Å². The van der Waals surface area contributed by atoms with Crippen molar-refractivity contribution in [3.8, 4) is 16.3 Å². The van der Waals surface area contributed by atoms with E-state index in [-0.39, 0.29) is 0 Å². The summed E-state index contributed by atoms with van der Waals surface area (Å²) in [5, 5.41) is 10.6. The minimum Gasteiger partial charge on any atom is -0.480 e. The van der Waals surface area contributed by atoms with Crippen molar-refractivity contribution in [1.82, 2.24) is 14.5 Å². The number of aromatic nitrogens is 3. The molecule has 0 fully saturated rings. The van der Waals surface area contributed by atoms with E-state index in [2.05, 4.69) is 11.9 Å². The zero-order valence-electron chi connectivity index (χ0n) is 20.6. The number of carbonyl (C=O) groups is 1. The van der Waals surface area contributed by atoms with Gasteiger partial charge in [-0.1, -0.05) is 38.8 Å². The van der Waals surface area contributed by atoms with Crippen molar-refractivity contribution in [3.05, 3.63) is 64.4 Å². The molecule has 196 valence electrons. The van der Waals surface area contributed by atoms with Crippen LogP contribution in [0.2, 0.25) is 0 Å². The Balaban J connectivity index is 1.68. The molecular weight excluding hydrogens is 503 g/mol. The molecule has 6 nitrogen and oxygen atoms in total. The van der Waals surface area contributed by atoms with Gasteiger partial charge < -0.3 is 14.4 Å². The minimum absolute atomic E-state index is 0.432. The minimum atomic E-state index is -4.38. The molecule has 0 atom stereocenters. The van der Waals surface area contributed by atoms with Gasteiger partial charge >= 0.3 is 12.1 Å². The Labute approximate surface area is 216 Å². The highest BCUT2D eigenvalue weighted by Gasteiger charge is 2.30. The second kappa shape index (κ2) is 11.3. The maximum atomic E-state index is 13.0. The number of aryl methyl sites for hydroxylation is 2. The van der Waals surface area contributed by atoms with Crippen LogP contribution in [0, 0.1) is 0 Å². The number of rotatable bonds is 11. The van der Waals surface area contributed by atoms with Gasteiger partial charge in [0.2, 0.25) is 0 Å². The van der Waals surface area contributed by atoms with Crippen LogP contribution in [0.15, 0.2) is 42.7 Å². The fourth-order valence-electron chi connectivity index (χ4n) is 4.20. The van der Waals surface area contributed by atoms with Gasteiger partial charge in [0, 0.05) is 27.6 Å². The summed E-state index contributed by atoms with van der Waals surface area (Å²) in [5.74, 6) is -0.575. The number of nitrogens with zero attached hydrogens (tertiary/aromatic N) is 3. The molecule has 4 aromatic rings. The highest BCUT2D eigenvalue weighted by atomic mass is 32.1. The van der Waals surface area contributed by atoms with Crippen LogP contribution in [0.4, 0.5) is 13.2 Å². The normalized spacial score (nSPS) is 11.8. The number of pyridine rings is 1. The lowest BCUT2D eigenvalue weighted by molar-refractivity contribution is -0.139. The topological polar surface area (TPSA) is 77.2 Å². The third-order valence-electron chi connectivity index (χ3n) is 6.03. The zero-order chi connectivity index (χ0) is 26.6. The average molecular weight is 532 g/mol. The molecular formula is C27H28F3N3O3S. The first kappa shape index (κ1) is 26.7. The van der Waals surface area contributed by atoms with Crippen molar-refractivity contribution in [3.63, 3.8) is 0 Å². The largest absolute Gasteiger partial charge is 0.480 e. The van der Waals surface area contributed by atoms with Gasteiger partial charge in [-0.05, 0) is 37.5 Å². The molecule has 3 aromatic heterocycles. The van der Waals surface area contributed by atoms with Crippen molar-refractivity contribution in [1.29, 1.82) is 0 Å². The van der Waals surface area contributed by atoms with Crippen molar-refractivity contribution < 1.29 is 27.8 Å². The summed E-state index contributed by atoms with van der Waals surface area (Å²) in [7, 11) is 0. The summed E-state index contributed by atoms with van der Waals surface area (Å²) in [6, 6.07) is 7.08. The molecule has 1 aromatic carbocycles. The summed E-state index contributed by atoms with van der Waals surface area (Å²) in [5.41, 5.74) is 2.60. The number of alkyl halides is 3. The van der Waals surface area contributed by atoms with Crippen LogP contribution in [-0.4, -0.2) is 32.2 Å². The highest BCUT2D eigenvalue weighted by molar-refractivity contribution is 7.15. The van der Waals surface area contributed by atoms with Crippen LogP contribution in [-0.2, 0) is 30.4 Å². The smallest absolute Gasteiger partial charge is 0.416 e. The molecule has 0 aliphatic carbocycles. The number of ether oxygens (including phenoxy) is 1. The highest BCUT2D eigenvalue weighted by Crippen LogP contribution is 2.35. The number of aliphatic carboxylic acids is 1. The molecule has 0 saturated carbocycles. The Hall–Kier alpha value is -3.40. The van der Waals surface area contributed by atoms with Gasteiger partial charge in [0.1, 0.15) is 16.4 Å². The Morgan fingerprint density at radius 1 is 1.11 bits per heavy atom. The van der Waals surface area contributed by atoms with E-state index < -0.39 is 24.3 Å². The molecule has 0 saturated heterocycles. The third-order valence-corrected chi connectivity index (χ3v) is 7.16. The van der Waals surface area contributed by atoms with Crippen LogP contribution >= 0.6 is 11.3 Å². The maximum absolute atomic E-state index is 13.0. The van der Waals surface area contributed by atoms with Gasteiger partial charge in [0.15, 0.2) is 6.61 Å². The first-order valence-corrected chi connectivity index (χ1v) is 13.0. The molecule has 0 amide bonds. The quantitative estimate of drug-likeness (QED) is 0.226. The second-order valence-corrected chi connectivity index (χ2v) is 9.87. The summed E-state index contributed by atoms with van der Waals surface area (Å²) < 4.78 is 46.5. The Morgan fingerprint density at radius 3 is 2.51 bits per heavy atom. The van der Waals surface area contributed by atoms with E-state index in [1.807, 2.05) is 23.8 Å². The number of thiazole rings is 1. The second-order valence-electron chi connectivity index (χ2n) is 8.78. The summed E-state index contributed by atoms with van der Waals surface area (Å²) in [6.07, 6.45) is 3.46. The molecule has 0 aliphatic rings. The van der Waals surface area contributed by atoms with Gasteiger partial charge in [0.05, 0.1) is 24.0 Å². The zero-order valence-corrected chi connectivity index (χ0v) is 21.5. The average Bonchev–Trinajstić information content (AvgIpc) is 3.46. The number of fused-ring (bicyclic) bond motifs is 1. The monoisotopic (exact) mass is 531 g/mol. The van der Waals surface area contributed by atoms with E-state index in [1.54, 1.807) is 6.20 Å². The van der Waals surface area contributed by atoms with E-state index in [1.165, 1.54) is 23.5 Å². The molecule has 4 rings (SSSR count). The van der Waals surface area contributed by atoms with Crippen molar-refractivity contribution in [2.75, 3.05) is 6.61 Å². The van der Waals surface area contributed by atoms with Crippen LogP contribution < -0.4 is 4.74 Å². The fourth-order valence-corrected chi connectivity index (χ4v) is 5.31. The lowest BCUT2D eigenvalue weighted by Gasteiger charge is -2.11. The summed E-state index contributed by atoms with van der Waals surface area (Å²) in [6.45, 7) is 4.24. The van der Waals surface area contributed by atoms with Crippen molar-refractivity contribution in [2.45, 2.75) is 58.7 Å². The first-order chi connectivity index (χ1) is 17.7. The lowest BCUT2D eigenvalue weighted by atomic mass is 10.1. The molecule has 0 aliphatic heterocycles. The van der Waals surface area contributed by atoms with E-state index in [0.717, 1.165) is 71.4 Å². The van der Waals surface area contributed by atoms with Crippen LogP contribution in [0.5, 0.6) is 5.75 Å². The molecule has 0 spiro atoms. The number of hydrogen-bond donors (Lipinski definition) is 1. The van der Waals surface area contributed by atoms with E-state index in [4.69, 9.17) is 14.8 Å². The standard InChI is InChI=1S/C27H28F3N3O3S/c1-3-5-7-21-23(37-26(32-21)17-8-10-18(11-9-17)27(28,29)30)15-33-13-12-20-19(6-4-2)22(14-31-25(20)33)36-16-24(34)35/h8-14H,3-7,15-16H2,1-2H3,(H,34,35). The third kappa shape index (κ3) is 6.12. The van der Waals surface area contributed by atoms with Crippen LogP contribution in [0.25, 0.3) is 21.6 Å². The van der Waals surface area contributed by atoms with Crippen molar-refractivity contribution >= 4 is 28.3 Å². The van der Waals surface area contributed by atoms with E-state index in [0.29, 0.717) is 22.9 Å². The molecule has 0 unspecified atom stereocenters. The molecule has 1 N–H and O–H groups in total. The van der Waals surface area contributed by atoms with Crippen LogP contribution in [0.3, 0.4) is 0 Å². The fraction of sp³-hybridized carbons (Fsp3) is 0.370. The Morgan fingerprint density at radius 2 is 1.86 bits per heavy atom. The van der Waals surface area contributed by atoms with E-state index in [9.17, 15) is 18.0 Å². The van der Waals surface area contributed by atoms with Gasteiger partial charge in [-0.2, -0.15) is 13.2 Å². The molecule has 3 heterocycles. The molecule has 10 heteroatoms. The number of carboxylic acids is 1. The molecule has 0 radical (unpaired) electrons. The first-order valence-electron chi connectivity index (χ1n) is 12.2. The lowest BCUT2D eigenvalue weighted by Crippen LogP contribution is -2.11. The Kier molecular flexibility index (Phi) is 8.16. The Bertz CT molecular complexity index is 1380. The summed E-state index contributed by atoms with van der Waals surface area (Å²) in [4.78, 5) is 21.4. The van der Waals surface area contributed by atoms with Crippen molar-refractivity contribution in [2.24, 2.45) is 0 Å². The number of benzene rings is 1.